The lowest BCUT2D eigenvalue weighted by molar-refractivity contribution is 0.112. The molecule has 0 aliphatic rings. The number of hydrogen-bond donors (Lipinski definition) is 1. The molecule has 0 bridgehead atoms. The summed E-state index contributed by atoms with van der Waals surface area (Å²) in [6.45, 7) is 0. The van der Waals surface area contributed by atoms with Gasteiger partial charge >= 0.3 is 0 Å². The van der Waals surface area contributed by atoms with E-state index in [0.29, 0.717) is 10.6 Å². The molecule has 1 nitrogen and oxygen atoms in total. The van der Waals surface area contributed by atoms with Gasteiger partial charge in [0.1, 0.15) is 0 Å². The number of thiol groups is 1. The molecule has 2 rings (SSSR count). The second kappa shape index (κ2) is 3.33. The first-order chi connectivity index (χ1) is 6.22. The van der Waals surface area contributed by atoms with Crippen LogP contribution in [0.3, 0.4) is 0 Å². The predicted octanol–water partition coefficient (Wildman–Crippen LogP) is 3.66. The smallest absolute Gasteiger partial charge is 0.151 e. The van der Waals surface area contributed by atoms with Crippen LogP contribution < -0.4 is 0 Å². The highest BCUT2D eigenvalue weighted by Crippen LogP contribution is 2.33. The Morgan fingerprint density at radius 3 is 2.92 bits per heavy atom. The van der Waals surface area contributed by atoms with Crippen LogP contribution in [-0.2, 0) is 0 Å². The molecule has 66 valence electrons. The normalized spacial score (nSPS) is 10.6. The minimum absolute atomic E-state index is 0.653. The van der Waals surface area contributed by atoms with Gasteiger partial charge < -0.3 is 0 Å². The highest BCUT2D eigenvalue weighted by Gasteiger charge is 2.06. The summed E-state index contributed by atoms with van der Waals surface area (Å²) >= 11 is 11.7. The monoisotopic (exact) mass is 228 g/mol. The van der Waals surface area contributed by atoms with Crippen LogP contribution in [0.25, 0.3) is 10.1 Å². The number of rotatable bonds is 1. The maximum Gasteiger partial charge on any atom is 0.151 e. The van der Waals surface area contributed by atoms with Crippen molar-refractivity contribution in [3.63, 3.8) is 0 Å². The molecule has 0 atom stereocenters. The molecule has 0 amide bonds. The molecule has 0 unspecified atom stereocenters. The van der Waals surface area contributed by atoms with E-state index in [1.54, 1.807) is 11.4 Å². The van der Waals surface area contributed by atoms with Gasteiger partial charge in [0.2, 0.25) is 0 Å². The summed E-state index contributed by atoms with van der Waals surface area (Å²) in [4.78, 5) is 11.4. The second-order valence-electron chi connectivity index (χ2n) is 2.61. The lowest BCUT2D eigenvalue weighted by atomic mass is 10.2. The number of halogens is 1. The van der Waals surface area contributed by atoms with E-state index < -0.39 is 0 Å². The first kappa shape index (κ1) is 9.06. The number of hydrogen-bond acceptors (Lipinski definition) is 3. The van der Waals surface area contributed by atoms with Gasteiger partial charge in [-0.25, -0.2) is 0 Å². The molecule has 13 heavy (non-hydrogen) atoms. The molecule has 0 fully saturated rings. The van der Waals surface area contributed by atoms with Crippen molar-refractivity contribution in [2.24, 2.45) is 0 Å². The minimum Gasteiger partial charge on any atom is -0.298 e. The molecule has 0 aliphatic carbocycles. The van der Waals surface area contributed by atoms with E-state index in [-0.39, 0.29) is 0 Å². The molecule has 0 N–H and O–H groups in total. The van der Waals surface area contributed by atoms with Crippen molar-refractivity contribution in [1.82, 2.24) is 0 Å². The predicted molar refractivity (Wildman–Crippen MR) is 59.5 cm³/mol. The van der Waals surface area contributed by atoms with Gasteiger partial charge in [0, 0.05) is 21.2 Å². The molecule has 0 saturated carbocycles. The third-order valence-electron chi connectivity index (χ3n) is 1.77. The van der Waals surface area contributed by atoms with Crippen LogP contribution in [0.1, 0.15) is 10.4 Å². The van der Waals surface area contributed by atoms with Gasteiger partial charge in [0.05, 0.1) is 9.72 Å². The average molecular weight is 229 g/mol. The first-order valence-electron chi connectivity index (χ1n) is 3.57. The Hall–Kier alpha value is -0.510. The Kier molecular flexibility index (Phi) is 2.32. The van der Waals surface area contributed by atoms with Crippen molar-refractivity contribution in [1.29, 1.82) is 0 Å². The van der Waals surface area contributed by atoms with Crippen LogP contribution >= 0.6 is 35.6 Å². The summed E-state index contributed by atoms with van der Waals surface area (Å²) in [7, 11) is 0. The lowest BCUT2D eigenvalue weighted by Crippen LogP contribution is -1.75. The van der Waals surface area contributed by atoms with Crippen molar-refractivity contribution < 1.29 is 4.79 Å². The number of aldehydes is 1. The Bertz CT molecular complexity index is 476. The van der Waals surface area contributed by atoms with Gasteiger partial charge in [-0.3, -0.25) is 4.79 Å². The van der Waals surface area contributed by atoms with Crippen molar-refractivity contribution in [3.05, 3.63) is 28.1 Å². The van der Waals surface area contributed by atoms with Gasteiger partial charge in [0.15, 0.2) is 6.29 Å². The number of benzene rings is 1. The molecule has 1 heterocycles. The van der Waals surface area contributed by atoms with Crippen LogP contribution in [0.2, 0.25) is 5.02 Å². The molecule has 1 aromatic heterocycles. The Morgan fingerprint density at radius 1 is 1.46 bits per heavy atom. The number of carbonyl (C=O) groups is 1. The zero-order valence-corrected chi connectivity index (χ0v) is 8.92. The quantitative estimate of drug-likeness (QED) is 0.582. The topological polar surface area (TPSA) is 17.1 Å². The van der Waals surface area contributed by atoms with Crippen LogP contribution in [0.4, 0.5) is 0 Å². The Labute approximate surface area is 89.7 Å². The molecular weight excluding hydrogens is 224 g/mol. The van der Waals surface area contributed by atoms with Crippen molar-refractivity contribution in [3.8, 4) is 0 Å². The molecule has 0 spiro atoms. The van der Waals surface area contributed by atoms with Crippen LogP contribution in [0.15, 0.2) is 22.4 Å². The fourth-order valence-electron chi connectivity index (χ4n) is 1.19. The zero-order chi connectivity index (χ0) is 9.42. The molecule has 0 aliphatic heterocycles. The number of thiophene rings is 1. The summed E-state index contributed by atoms with van der Waals surface area (Å²) in [5, 5.41) is 3.34. The highest BCUT2D eigenvalue weighted by molar-refractivity contribution is 7.80. The maximum absolute atomic E-state index is 10.6. The first-order valence-corrected chi connectivity index (χ1v) is 5.27. The van der Waals surface area contributed by atoms with Crippen molar-refractivity contribution in [2.45, 2.75) is 4.90 Å². The lowest BCUT2D eigenvalue weighted by Gasteiger charge is -1.96. The number of carbonyl (C=O) groups excluding carboxylic acids is 1. The average Bonchev–Trinajstić information content (AvgIpc) is 2.47. The third kappa shape index (κ3) is 1.47. The van der Waals surface area contributed by atoms with E-state index in [1.807, 2.05) is 6.07 Å². The van der Waals surface area contributed by atoms with Crippen molar-refractivity contribution in [2.75, 3.05) is 0 Å². The molecule has 0 saturated heterocycles. The van der Waals surface area contributed by atoms with E-state index in [2.05, 4.69) is 12.6 Å². The van der Waals surface area contributed by atoms with E-state index >= 15 is 0 Å². The van der Waals surface area contributed by atoms with Crippen LogP contribution in [0.5, 0.6) is 0 Å². The van der Waals surface area contributed by atoms with Crippen LogP contribution in [-0.4, -0.2) is 6.29 Å². The minimum atomic E-state index is 0.653. The van der Waals surface area contributed by atoms with E-state index in [4.69, 9.17) is 11.6 Å². The SMILES string of the molecule is O=Cc1csc2c(Cl)cc(S)cc12. The fraction of sp³-hybridized carbons (Fsp3) is 0. The van der Waals surface area contributed by atoms with Gasteiger partial charge in [-0.1, -0.05) is 11.6 Å². The highest BCUT2D eigenvalue weighted by atomic mass is 35.5. The van der Waals surface area contributed by atoms with Gasteiger partial charge in [0.25, 0.3) is 0 Å². The Morgan fingerprint density at radius 2 is 2.23 bits per heavy atom. The molecular formula is C9H5ClOS2. The molecule has 2 aromatic rings. The summed E-state index contributed by atoms with van der Waals surface area (Å²) in [5.41, 5.74) is 0.679. The molecule has 0 radical (unpaired) electrons. The van der Waals surface area contributed by atoms with Gasteiger partial charge in [-0.2, -0.15) is 0 Å². The van der Waals surface area contributed by atoms with E-state index in [9.17, 15) is 4.79 Å². The summed E-state index contributed by atoms with van der Waals surface area (Å²) < 4.78 is 0.946. The molecule has 1 aromatic carbocycles. The molecule has 4 heteroatoms. The second-order valence-corrected chi connectivity index (χ2v) is 4.42. The van der Waals surface area contributed by atoms with E-state index in [0.717, 1.165) is 21.3 Å². The standard InChI is InChI=1S/C9H5ClOS2/c10-8-2-6(12)1-7-5(3-11)4-13-9(7)8/h1-4,12H. The number of fused-ring (bicyclic) bond motifs is 1. The summed E-state index contributed by atoms with van der Waals surface area (Å²) in [6.07, 6.45) is 0.836. The summed E-state index contributed by atoms with van der Waals surface area (Å²) in [5.74, 6) is 0. The largest absolute Gasteiger partial charge is 0.298 e. The Balaban J connectivity index is 2.89. The zero-order valence-electron chi connectivity index (χ0n) is 6.45. The van der Waals surface area contributed by atoms with Gasteiger partial charge in [-0.05, 0) is 12.1 Å². The summed E-state index contributed by atoms with van der Waals surface area (Å²) in [6, 6.07) is 3.63. The van der Waals surface area contributed by atoms with Crippen LogP contribution in [0, 0.1) is 0 Å². The fourth-order valence-corrected chi connectivity index (χ4v) is 2.78. The van der Waals surface area contributed by atoms with Crippen molar-refractivity contribution >= 4 is 51.9 Å². The third-order valence-corrected chi connectivity index (χ3v) is 3.49. The van der Waals surface area contributed by atoms with E-state index in [1.165, 1.54) is 11.3 Å². The maximum atomic E-state index is 10.6. The van der Waals surface area contributed by atoms with Gasteiger partial charge in [-0.15, -0.1) is 24.0 Å².